The predicted octanol–water partition coefficient (Wildman–Crippen LogP) is 3.23. The maximum atomic E-state index is 12.0. The van der Waals surface area contributed by atoms with Gasteiger partial charge in [0.05, 0.1) is 6.07 Å². The van der Waals surface area contributed by atoms with Crippen LogP contribution in [0.25, 0.3) is 0 Å². The molecule has 21 heavy (non-hydrogen) atoms. The zero-order valence-electron chi connectivity index (χ0n) is 13.8. The number of likely N-dealkylation sites (tertiary alicyclic amines) is 1. The second-order valence-electron chi connectivity index (χ2n) is 6.42. The molecule has 1 amide bonds. The first kappa shape index (κ1) is 18.0. The van der Waals surface area contributed by atoms with Gasteiger partial charge in [-0.15, -0.1) is 0 Å². The van der Waals surface area contributed by atoms with E-state index in [4.69, 9.17) is 0 Å². The number of nitrogens with one attached hydrogen (secondary N) is 1. The number of rotatable bonds is 9. The van der Waals surface area contributed by atoms with Crippen molar-refractivity contribution in [2.24, 2.45) is 0 Å². The Morgan fingerprint density at radius 2 is 1.71 bits per heavy atom. The Morgan fingerprint density at radius 1 is 1.14 bits per heavy atom. The van der Waals surface area contributed by atoms with Crippen LogP contribution in [0, 0.1) is 11.3 Å². The van der Waals surface area contributed by atoms with Crippen molar-refractivity contribution in [3.05, 3.63) is 0 Å². The largest absolute Gasteiger partial charge is 0.338 e. The molecule has 0 aromatic carbocycles. The minimum atomic E-state index is -0.620. The molecule has 0 spiro atoms. The lowest BCUT2D eigenvalue weighted by molar-refractivity contribution is -0.123. The van der Waals surface area contributed by atoms with Gasteiger partial charge in [-0.25, -0.2) is 0 Å². The highest BCUT2D eigenvalue weighted by Gasteiger charge is 2.34. The molecule has 4 heteroatoms. The summed E-state index contributed by atoms with van der Waals surface area (Å²) in [6, 6.07) is 2.34. The van der Waals surface area contributed by atoms with E-state index < -0.39 is 5.54 Å². The van der Waals surface area contributed by atoms with Crippen molar-refractivity contribution < 1.29 is 4.79 Å². The lowest BCUT2D eigenvalue weighted by atomic mass is 9.89. The van der Waals surface area contributed by atoms with E-state index in [1.807, 2.05) is 0 Å². The molecule has 0 unspecified atom stereocenters. The lowest BCUT2D eigenvalue weighted by Gasteiger charge is -2.36. The van der Waals surface area contributed by atoms with Crippen LogP contribution >= 0.6 is 0 Å². The van der Waals surface area contributed by atoms with E-state index in [2.05, 4.69) is 30.3 Å². The minimum Gasteiger partial charge on any atom is -0.338 e. The molecule has 1 saturated heterocycles. The standard InChI is InChI=1S/C17H31N3O/c1-3-4-5-6-7-8-9-10-16(21)19-17(15-18)11-13-20(2)14-12-17/h3-14H2,1-2H3,(H,19,21). The molecule has 0 aromatic rings. The van der Waals surface area contributed by atoms with Crippen LogP contribution in [0.1, 0.15) is 71.1 Å². The topological polar surface area (TPSA) is 56.1 Å². The van der Waals surface area contributed by atoms with E-state index in [9.17, 15) is 10.1 Å². The normalized spacial score (nSPS) is 18.1. The molecule has 0 aromatic heterocycles. The monoisotopic (exact) mass is 293 g/mol. The number of piperidine rings is 1. The maximum Gasteiger partial charge on any atom is 0.221 e. The Bertz CT molecular complexity index is 340. The molecular formula is C17H31N3O. The zero-order chi connectivity index (χ0) is 15.6. The van der Waals surface area contributed by atoms with Crippen molar-refractivity contribution in [3.63, 3.8) is 0 Å². The van der Waals surface area contributed by atoms with Gasteiger partial charge in [0, 0.05) is 19.5 Å². The average molecular weight is 293 g/mol. The molecule has 1 rings (SSSR count). The molecule has 0 bridgehead atoms. The van der Waals surface area contributed by atoms with Crippen molar-refractivity contribution >= 4 is 5.91 Å². The van der Waals surface area contributed by atoms with Crippen molar-refractivity contribution in [2.45, 2.75) is 76.7 Å². The van der Waals surface area contributed by atoms with Crippen LogP contribution in [-0.4, -0.2) is 36.5 Å². The summed E-state index contributed by atoms with van der Waals surface area (Å²) in [4.78, 5) is 14.2. The minimum absolute atomic E-state index is 0.0506. The third-order valence-electron chi connectivity index (χ3n) is 4.44. The maximum absolute atomic E-state index is 12.0. The molecule has 1 fully saturated rings. The van der Waals surface area contributed by atoms with E-state index in [-0.39, 0.29) is 5.91 Å². The number of hydrogen-bond donors (Lipinski definition) is 1. The number of hydrogen-bond acceptors (Lipinski definition) is 3. The van der Waals surface area contributed by atoms with Gasteiger partial charge in [-0.3, -0.25) is 4.79 Å². The van der Waals surface area contributed by atoms with Gasteiger partial charge in [0.1, 0.15) is 5.54 Å². The van der Waals surface area contributed by atoms with Gasteiger partial charge in [-0.05, 0) is 26.3 Å². The van der Waals surface area contributed by atoms with Crippen LogP contribution < -0.4 is 5.32 Å². The number of unbranched alkanes of at least 4 members (excludes halogenated alkanes) is 6. The Balaban J connectivity index is 2.16. The van der Waals surface area contributed by atoms with Gasteiger partial charge < -0.3 is 10.2 Å². The smallest absolute Gasteiger partial charge is 0.221 e. The number of amides is 1. The van der Waals surface area contributed by atoms with Crippen LogP contribution in [-0.2, 0) is 4.79 Å². The molecule has 0 atom stereocenters. The van der Waals surface area contributed by atoms with Gasteiger partial charge in [0.25, 0.3) is 0 Å². The Labute approximate surface area is 129 Å². The number of carbonyl (C=O) groups excluding carboxylic acids is 1. The quantitative estimate of drug-likeness (QED) is 0.664. The summed E-state index contributed by atoms with van der Waals surface area (Å²) in [6.45, 7) is 3.98. The third-order valence-corrected chi connectivity index (χ3v) is 4.44. The van der Waals surface area contributed by atoms with Crippen LogP contribution in [0.2, 0.25) is 0 Å². The fraction of sp³-hybridized carbons (Fsp3) is 0.882. The van der Waals surface area contributed by atoms with Crippen LogP contribution in [0.3, 0.4) is 0 Å². The molecule has 1 N–H and O–H groups in total. The van der Waals surface area contributed by atoms with Crippen LogP contribution in [0.15, 0.2) is 0 Å². The SMILES string of the molecule is CCCCCCCCCC(=O)NC1(C#N)CCN(C)CC1. The summed E-state index contributed by atoms with van der Waals surface area (Å²) in [5.74, 6) is 0.0506. The summed E-state index contributed by atoms with van der Waals surface area (Å²) >= 11 is 0. The summed E-state index contributed by atoms with van der Waals surface area (Å²) in [7, 11) is 2.06. The van der Waals surface area contributed by atoms with E-state index in [0.717, 1.165) is 38.8 Å². The Morgan fingerprint density at radius 3 is 2.29 bits per heavy atom. The highest BCUT2D eigenvalue weighted by Crippen LogP contribution is 2.21. The number of nitrogens with zero attached hydrogens (tertiary/aromatic N) is 2. The number of nitriles is 1. The summed E-state index contributed by atoms with van der Waals surface area (Å²) < 4.78 is 0. The summed E-state index contributed by atoms with van der Waals surface area (Å²) in [5.41, 5.74) is -0.620. The second-order valence-corrected chi connectivity index (χ2v) is 6.42. The summed E-state index contributed by atoms with van der Waals surface area (Å²) in [5, 5.41) is 12.4. The van der Waals surface area contributed by atoms with Gasteiger partial charge in [-0.1, -0.05) is 45.4 Å². The first-order valence-electron chi connectivity index (χ1n) is 8.53. The first-order chi connectivity index (χ1) is 10.1. The van der Waals surface area contributed by atoms with E-state index in [0.29, 0.717) is 6.42 Å². The fourth-order valence-electron chi connectivity index (χ4n) is 2.84. The second kappa shape index (κ2) is 9.78. The molecular weight excluding hydrogens is 262 g/mol. The third kappa shape index (κ3) is 6.95. The zero-order valence-corrected chi connectivity index (χ0v) is 13.8. The van der Waals surface area contributed by atoms with Gasteiger partial charge in [0.2, 0.25) is 5.91 Å². The van der Waals surface area contributed by atoms with Gasteiger partial charge in [-0.2, -0.15) is 5.26 Å². The fourth-order valence-corrected chi connectivity index (χ4v) is 2.84. The predicted molar refractivity (Wildman–Crippen MR) is 85.8 cm³/mol. The molecule has 0 radical (unpaired) electrons. The molecule has 4 nitrogen and oxygen atoms in total. The van der Waals surface area contributed by atoms with Gasteiger partial charge in [0.15, 0.2) is 0 Å². The van der Waals surface area contributed by atoms with E-state index in [1.54, 1.807) is 0 Å². The summed E-state index contributed by atoms with van der Waals surface area (Å²) in [6.07, 6.45) is 10.5. The molecule has 1 heterocycles. The van der Waals surface area contributed by atoms with E-state index in [1.165, 1.54) is 32.1 Å². The highest BCUT2D eigenvalue weighted by molar-refractivity contribution is 5.77. The Kier molecular flexibility index (Phi) is 8.37. The van der Waals surface area contributed by atoms with Crippen molar-refractivity contribution in [1.82, 2.24) is 10.2 Å². The van der Waals surface area contributed by atoms with Crippen molar-refractivity contribution in [3.8, 4) is 6.07 Å². The molecule has 0 aliphatic carbocycles. The molecule has 1 aliphatic heterocycles. The van der Waals surface area contributed by atoms with E-state index >= 15 is 0 Å². The molecule has 120 valence electrons. The Hall–Kier alpha value is -1.08. The average Bonchev–Trinajstić information content (AvgIpc) is 2.49. The first-order valence-corrected chi connectivity index (χ1v) is 8.53. The molecule has 0 saturated carbocycles. The van der Waals surface area contributed by atoms with Gasteiger partial charge >= 0.3 is 0 Å². The van der Waals surface area contributed by atoms with Crippen LogP contribution in [0.4, 0.5) is 0 Å². The van der Waals surface area contributed by atoms with Crippen LogP contribution in [0.5, 0.6) is 0 Å². The highest BCUT2D eigenvalue weighted by atomic mass is 16.1. The lowest BCUT2D eigenvalue weighted by Crippen LogP contribution is -2.53. The molecule has 1 aliphatic rings. The van der Waals surface area contributed by atoms with Crippen molar-refractivity contribution in [1.29, 1.82) is 5.26 Å². The number of carbonyl (C=O) groups is 1. The van der Waals surface area contributed by atoms with Crippen molar-refractivity contribution in [2.75, 3.05) is 20.1 Å².